The van der Waals surface area contributed by atoms with E-state index in [-0.39, 0.29) is 24.0 Å². The Morgan fingerprint density at radius 3 is 2.41 bits per heavy atom. The Labute approximate surface area is 189 Å². The number of fused-ring (bicyclic) bond motifs is 1. The zero-order valence-electron chi connectivity index (χ0n) is 17.1. The van der Waals surface area contributed by atoms with E-state index in [1.807, 2.05) is 13.1 Å². The smallest absolute Gasteiger partial charge is 0.193 e. The van der Waals surface area contributed by atoms with Crippen molar-refractivity contribution in [1.29, 1.82) is 0 Å². The van der Waals surface area contributed by atoms with E-state index >= 15 is 0 Å². The number of guanidine groups is 1. The van der Waals surface area contributed by atoms with Gasteiger partial charge in [0.05, 0.1) is 11.0 Å². The number of para-hydroxylation sites is 3. The van der Waals surface area contributed by atoms with Crippen LogP contribution in [0, 0.1) is 6.92 Å². The molecule has 0 aliphatic carbocycles. The minimum Gasteiger partial charge on any atom is -0.368 e. The highest BCUT2D eigenvalue weighted by atomic mass is 127. The summed E-state index contributed by atoms with van der Waals surface area (Å²) in [6.07, 6.45) is 0. The van der Waals surface area contributed by atoms with E-state index < -0.39 is 0 Å². The van der Waals surface area contributed by atoms with Gasteiger partial charge in [-0.3, -0.25) is 4.99 Å². The van der Waals surface area contributed by atoms with E-state index in [4.69, 9.17) is 0 Å². The first-order valence-corrected chi connectivity index (χ1v) is 9.94. The summed E-state index contributed by atoms with van der Waals surface area (Å²) in [7, 11) is 1.86. The topological polar surface area (TPSA) is 48.7 Å². The molecule has 2 heterocycles. The summed E-state index contributed by atoms with van der Waals surface area (Å²) in [4.78, 5) is 13.9. The monoisotopic (exact) mass is 504 g/mol. The second-order valence-corrected chi connectivity index (χ2v) is 7.08. The number of aliphatic imine (C=N–C) groups is 1. The minimum absolute atomic E-state index is 0. The number of nitrogens with one attached hydrogen (secondary N) is 1. The van der Waals surface area contributed by atoms with Crippen molar-refractivity contribution in [2.24, 2.45) is 4.99 Å². The molecule has 1 aromatic heterocycles. The van der Waals surface area contributed by atoms with Crippen LogP contribution in [0.15, 0.2) is 59.6 Å². The Morgan fingerprint density at radius 1 is 1.00 bits per heavy atom. The summed E-state index contributed by atoms with van der Waals surface area (Å²) >= 11 is 0. The van der Waals surface area contributed by atoms with E-state index in [1.54, 1.807) is 0 Å². The van der Waals surface area contributed by atoms with Gasteiger partial charge in [-0.1, -0.05) is 30.3 Å². The number of anilines is 1. The second kappa shape index (κ2) is 9.96. The van der Waals surface area contributed by atoms with Gasteiger partial charge in [0, 0.05) is 52.0 Å². The molecule has 0 bridgehead atoms. The fraction of sp³-hybridized carbons (Fsp3) is 0.364. The molecule has 0 spiro atoms. The van der Waals surface area contributed by atoms with Gasteiger partial charge in [0.2, 0.25) is 0 Å². The van der Waals surface area contributed by atoms with Gasteiger partial charge in [0.25, 0.3) is 0 Å². The molecule has 4 rings (SSSR count). The van der Waals surface area contributed by atoms with Crippen LogP contribution in [-0.4, -0.2) is 60.2 Å². The maximum absolute atomic E-state index is 4.65. The fourth-order valence-electron chi connectivity index (χ4n) is 3.91. The molecule has 7 heteroatoms. The quantitative estimate of drug-likeness (QED) is 0.337. The number of hydrogen-bond acceptors (Lipinski definition) is 3. The van der Waals surface area contributed by atoms with Crippen LogP contribution in [0.2, 0.25) is 0 Å². The Bertz CT molecular complexity index is 944. The summed E-state index contributed by atoms with van der Waals surface area (Å²) < 4.78 is 2.27. The Morgan fingerprint density at radius 2 is 1.69 bits per heavy atom. The van der Waals surface area contributed by atoms with Gasteiger partial charge < -0.3 is 19.7 Å². The third-order valence-electron chi connectivity index (χ3n) is 5.38. The van der Waals surface area contributed by atoms with Crippen LogP contribution in [0.3, 0.4) is 0 Å². The molecule has 0 unspecified atom stereocenters. The second-order valence-electron chi connectivity index (χ2n) is 7.08. The van der Waals surface area contributed by atoms with Crippen molar-refractivity contribution in [2.75, 3.05) is 44.7 Å². The van der Waals surface area contributed by atoms with E-state index in [2.05, 4.69) is 85.1 Å². The number of hydrogen-bond donors (Lipinski definition) is 1. The molecule has 1 fully saturated rings. The minimum atomic E-state index is 0. The summed E-state index contributed by atoms with van der Waals surface area (Å²) in [5.74, 6) is 2.03. The van der Waals surface area contributed by atoms with E-state index in [9.17, 15) is 0 Å². The first-order chi connectivity index (χ1) is 13.8. The third-order valence-corrected chi connectivity index (χ3v) is 5.38. The highest BCUT2D eigenvalue weighted by molar-refractivity contribution is 14.0. The molecule has 1 aliphatic heterocycles. The number of nitrogens with zero attached hydrogens (tertiary/aromatic N) is 5. The van der Waals surface area contributed by atoms with Crippen LogP contribution in [0.5, 0.6) is 0 Å². The summed E-state index contributed by atoms with van der Waals surface area (Å²) in [6, 6.07) is 18.9. The molecule has 154 valence electrons. The molecule has 0 atom stereocenters. The van der Waals surface area contributed by atoms with Gasteiger partial charge in [0.15, 0.2) is 5.96 Å². The van der Waals surface area contributed by atoms with E-state index in [0.29, 0.717) is 0 Å². The molecule has 0 radical (unpaired) electrons. The molecule has 29 heavy (non-hydrogen) atoms. The lowest BCUT2D eigenvalue weighted by Crippen LogP contribution is -2.52. The zero-order valence-corrected chi connectivity index (χ0v) is 19.4. The summed E-state index contributed by atoms with van der Waals surface area (Å²) in [6.45, 7) is 7.73. The molecule has 1 N–H and O–H groups in total. The van der Waals surface area contributed by atoms with Gasteiger partial charge in [-0.15, -0.1) is 24.0 Å². The van der Waals surface area contributed by atoms with Crippen molar-refractivity contribution in [3.8, 4) is 0 Å². The lowest BCUT2D eigenvalue weighted by atomic mass is 10.2. The number of halogens is 1. The average Bonchev–Trinajstić information content (AvgIpc) is 3.07. The molecule has 2 aromatic carbocycles. The van der Waals surface area contributed by atoms with E-state index in [0.717, 1.165) is 56.6 Å². The van der Waals surface area contributed by atoms with E-state index in [1.165, 1.54) is 11.2 Å². The highest BCUT2D eigenvalue weighted by Gasteiger charge is 2.19. The number of aryl methyl sites for hydroxylation is 1. The average molecular weight is 504 g/mol. The highest BCUT2D eigenvalue weighted by Crippen LogP contribution is 2.16. The Kier molecular flexibility index (Phi) is 7.35. The number of benzene rings is 2. The van der Waals surface area contributed by atoms with Gasteiger partial charge in [-0.2, -0.15) is 0 Å². The first kappa shape index (κ1) is 21.4. The van der Waals surface area contributed by atoms with Gasteiger partial charge in [-0.05, 0) is 31.2 Å². The summed E-state index contributed by atoms with van der Waals surface area (Å²) in [5.41, 5.74) is 3.54. The van der Waals surface area contributed by atoms with Crippen molar-refractivity contribution >= 4 is 46.7 Å². The number of imidazole rings is 1. The normalized spacial score (nSPS) is 14.8. The lowest BCUT2D eigenvalue weighted by Gasteiger charge is -2.37. The van der Waals surface area contributed by atoms with Crippen molar-refractivity contribution in [2.45, 2.75) is 13.5 Å². The van der Waals surface area contributed by atoms with Crippen LogP contribution in [-0.2, 0) is 6.54 Å². The number of rotatable bonds is 4. The number of piperazine rings is 1. The Hall–Kier alpha value is -2.29. The standard InChI is InChI=1S/C22H28N6.HI/c1-18-25-20-10-6-7-11-21(20)28(18)13-12-24-22(23-2)27-16-14-26(15-17-27)19-8-4-3-5-9-19;/h3-11H,12-17H2,1-2H3,(H,23,24);1H. The predicted molar refractivity (Wildman–Crippen MR) is 131 cm³/mol. The molecular formula is C22H29IN6. The van der Waals surface area contributed by atoms with Crippen LogP contribution < -0.4 is 10.2 Å². The first-order valence-electron chi connectivity index (χ1n) is 9.94. The van der Waals surface area contributed by atoms with Crippen molar-refractivity contribution < 1.29 is 0 Å². The SMILES string of the molecule is CN=C(NCCn1c(C)nc2ccccc21)N1CCN(c2ccccc2)CC1.I. The summed E-state index contributed by atoms with van der Waals surface area (Å²) in [5, 5.41) is 3.53. The fourth-order valence-corrected chi connectivity index (χ4v) is 3.91. The molecule has 1 aliphatic rings. The predicted octanol–water partition coefficient (Wildman–Crippen LogP) is 3.36. The van der Waals surface area contributed by atoms with Crippen molar-refractivity contribution in [3.05, 3.63) is 60.4 Å². The molecule has 1 saturated heterocycles. The molecule has 0 amide bonds. The lowest BCUT2D eigenvalue weighted by molar-refractivity contribution is 0.372. The largest absolute Gasteiger partial charge is 0.368 e. The molecule has 0 saturated carbocycles. The van der Waals surface area contributed by atoms with Crippen LogP contribution in [0.1, 0.15) is 5.82 Å². The maximum atomic E-state index is 4.65. The van der Waals surface area contributed by atoms with Gasteiger partial charge in [0.1, 0.15) is 5.82 Å². The van der Waals surface area contributed by atoms with Crippen molar-refractivity contribution in [1.82, 2.24) is 19.8 Å². The van der Waals surface area contributed by atoms with Gasteiger partial charge in [-0.25, -0.2) is 4.98 Å². The zero-order chi connectivity index (χ0) is 19.3. The van der Waals surface area contributed by atoms with Crippen LogP contribution in [0.25, 0.3) is 11.0 Å². The third kappa shape index (κ3) is 4.83. The molecule has 6 nitrogen and oxygen atoms in total. The Balaban J connectivity index is 0.00000240. The molecular weight excluding hydrogens is 475 g/mol. The maximum Gasteiger partial charge on any atom is 0.193 e. The van der Waals surface area contributed by atoms with Crippen LogP contribution >= 0.6 is 24.0 Å². The van der Waals surface area contributed by atoms with Crippen LogP contribution in [0.4, 0.5) is 5.69 Å². The van der Waals surface area contributed by atoms with Gasteiger partial charge >= 0.3 is 0 Å². The molecule has 3 aromatic rings. The number of aromatic nitrogens is 2. The van der Waals surface area contributed by atoms with Crippen molar-refractivity contribution in [3.63, 3.8) is 0 Å².